The molecule has 0 radical (unpaired) electrons. The van der Waals surface area contributed by atoms with Crippen LogP contribution in [0, 0.1) is 19.7 Å². The lowest BCUT2D eigenvalue weighted by Crippen LogP contribution is -2.53. The minimum Gasteiger partial charge on any atom is -0.369 e. The van der Waals surface area contributed by atoms with E-state index in [-0.39, 0.29) is 17.8 Å². The van der Waals surface area contributed by atoms with Crippen LogP contribution in [-0.4, -0.2) is 43.0 Å². The molecule has 0 bridgehead atoms. The van der Waals surface area contributed by atoms with E-state index in [4.69, 9.17) is 0 Å². The Morgan fingerprint density at radius 3 is 2.35 bits per heavy atom. The zero-order valence-corrected chi connectivity index (χ0v) is 15.6. The van der Waals surface area contributed by atoms with Gasteiger partial charge in [0, 0.05) is 37.6 Å². The van der Waals surface area contributed by atoms with Crippen LogP contribution in [0.4, 0.5) is 15.8 Å². The molecule has 1 saturated heterocycles. The fourth-order valence-corrected chi connectivity index (χ4v) is 3.37. The largest absolute Gasteiger partial charge is 0.369 e. The van der Waals surface area contributed by atoms with Gasteiger partial charge in [0.25, 0.3) is 0 Å². The molecule has 1 aliphatic rings. The number of anilines is 2. The number of rotatable bonds is 4. The standard InChI is InChI=1S/C21H26FN3O/c1-15-5-4-6-20(16(15)2)25-13-11-24(12-14-25)17(3)21(26)23-19-9-7-18(22)8-10-19/h4-10,17H,11-14H2,1-3H3,(H,23,26)/t17-/m0/s1. The predicted octanol–water partition coefficient (Wildman–Crippen LogP) is 3.59. The minimum atomic E-state index is -0.307. The Labute approximate surface area is 154 Å². The number of aryl methyl sites for hydroxylation is 1. The number of halogens is 1. The first-order chi connectivity index (χ1) is 12.5. The molecule has 1 amide bonds. The highest BCUT2D eigenvalue weighted by Crippen LogP contribution is 2.24. The number of nitrogens with zero attached hydrogens (tertiary/aromatic N) is 2. The molecular formula is C21H26FN3O. The topological polar surface area (TPSA) is 35.6 Å². The number of piperazine rings is 1. The van der Waals surface area contributed by atoms with Gasteiger partial charge in [0.05, 0.1) is 6.04 Å². The van der Waals surface area contributed by atoms with E-state index in [2.05, 4.69) is 47.2 Å². The average Bonchev–Trinajstić information content (AvgIpc) is 2.65. The molecule has 0 saturated carbocycles. The van der Waals surface area contributed by atoms with Crippen molar-refractivity contribution in [2.45, 2.75) is 26.8 Å². The van der Waals surface area contributed by atoms with Crippen molar-refractivity contribution in [2.75, 3.05) is 36.4 Å². The van der Waals surface area contributed by atoms with E-state index in [9.17, 15) is 9.18 Å². The molecule has 0 aromatic heterocycles. The summed E-state index contributed by atoms with van der Waals surface area (Å²) in [6.07, 6.45) is 0. The van der Waals surface area contributed by atoms with Gasteiger partial charge < -0.3 is 10.2 Å². The summed E-state index contributed by atoms with van der Waals surface area (Å²) in [6.45, 7) is 9.70. The van der Waals surface area contributed by atoms with Crippen molar-refractivity contribution >= 4 is 17.3 Å². The molecule has 3 rings (SSSR count). The quantitative estimate of drug-likeness (QED) is 0.910. The first kappa shape index (κ1) is 18.4. The fraction of sp³-hybridized carbons (Fsp3) is 0.381. The van der Waals surface area contributed by atoms with Gasteiger partial charge in [-0.2, -0.15) is 0 Å². The highest BCUT2D eigenvalue weighted by Gasteiger charge is 2.26. The second-order valence-electron chi connectivity index (χ2n) is 6.91. The summed E-state index contributed by atoms with van der Waals surface area (Å²) in [5, 5.41) is 2.86. The molecule has 26 heavy (non-hydrogen) atoms. The molecule has 1 N–H and O–H groups in total. The van der Waals surface area contributed by atoms with E-state index in [0.717, 1.165) is 26.2 Å². The maximum Gasteiger partial charge on any atom is 0.241 e. The van der Waals surface area contributed by atoms with E-state index in [1.54, 1.807) is 12.1 Å². The molecule has 1 atom stereocenters. The van der Waals surface area contributed by atoms with Crippen LogP contribution in [0.5, 0.6) is 0 Å². The van der Waals surface area contributed by atoms with E-state index in [0.29, 0.717) is 5.69 Å². The van der Waals surface area contributed by atoms with Crippen LogP contribution in [0.3, 0.4) is 0 Å². The second kappa shape index (κ2) is 7.87. The molecule has 0 aliphatic carbocycles. The maximum atomic E-state index is 13.0. The van der Waals surface area contributed by atoms with E-state index in [1.165, 1.54) is 28.9 Å². The van der Waals surface area contributed by atoms with Crippen molar-refractivity contribution < 1.29 is 9.18 Å². The van der Waals surface area contributed by atoms with Gasteiger partial charge in [-0.05, 0) is 62.2 Å². The number of carbonyl (C=O) groups excluding carboxylic acids is 1. The van der Waals surface area contributed by atoms with Crippen LogP contribution >= 0.6 is 0 Å². The highest BCUT2D eigenvalue weighted by molar-refractivity contribution is 5.94. The number of amides is 1. The Bertz CT molecular complexity index is 767. The van der Waals surface area contributed by atoms with Crippen LogP contribution in [0.2, 0.25) is 0 Å². The molecule has 1 heterocycles. The molecular weight excluding hydrogens is 329 g/mol. The van der Waals surface area contributed by atoms with Crippen LogP contribution in [0.15, 0.2) is 42.5 Å². The van der Waals surface area contributed by atoms with Crippen LogP contribution < -0.4 is 10.2 Å². The molecule has 0 spiro atoms. The van der Waals surface area contributed by atoms with Gasteiger partial charge >= 0.3 is 0 Å². The van der Waals surface area contributed by atoms with Crippen molar-refractivity contribution in [3.8, 4) is 0 Å². The first-order valence-electron chi connectivity index (χ1n) is 9.07. The summed E-state index contributed by atoms with van der Waals surface area (Å²) >= 11 is 0. The Hall–Kier alpha value is -2.40. The summed E-state index contributed by atoms with van der Waals surface area (Å²) in [7, 11) is 0. The van der Waals surface area contributed by atoms with Gasteiger partial charge in [0.15, 0.2) is 0 Å². The fourth-order valence-electron chi connectivity index (χ4n) is 3.37. The molecule has 1 aliphatic heterocycles. The van der Waals surface area contributed by atoms with Gasteiger partial charge in [-0.1, -0.05) is 12.1 Å². The smallest absolute Gasteiger partial charge is 0.241 e. The first-order valence-corrected chi connectivity index (χ1v) is 9.07. The Morgan fingerprint density at radius 2 is 1.69 bits per heavy atom. The van der Waals surface area contributed by atoms with E-state index < -0.39 is 0 Å². The summed E-state index contributed by atoms with van der Waals surface area (Å²) in [4.78, 5) is 17.1. The molecule has 2 aromatic carbocycles. The maximum absolute atomic E-state index is 13.0. The van der Waals surface area contributed by atoms with Gasteiger partial charge in [-0.3, -0.25) is 9.69 Å². The third-order valence-electron chi connectivity index (χ3n) is 5.27. The number of benzene rings is 2. The Morgan fingerprint density at radius 1 is 1.04 bits per heavy atom. The lowest BCUT2D eigenvalue weighted by atomic mass is 10.1. The van der Waals surface area contributed by atoms with Crippen LogP contribution in [0.1, 0.15) is 18.1 Å². The highest BCUT2D eigenvalue weighted by atomic mass is 19.1. The number of nitrogens with one attached hydrogen (secondary N) is 1. The number of hydrogen-bond donors (Lipinski definition) is 1. The van der Waals surface area contributed by atoms with Crippen molar-refractivity contribution in [1.82, 2.24) is 4.90 Å². The Balaban J connectivity index is 1.57. The predicted molar refractivity (Wildman–Crippen MR) is 104 cm³/mol. The monoisotopic (exact) mass is 355 g/mol. The van der Waals surface area contributed by atoms with Gasteiger partial charge in [0.2, 0.25) is 5.91 Å². The lowest BCUT2D eigenvalue weighted by Gasteiger charge is -2.39. The van der Waals surface area contributed by atoms with Crippen molar-refractivity contribution in [3.05, 3.63) is 59.4 Å². The molecule has 2 aromatic rings. The van der Waals surface area contributed by atoms with E-state index >= 15 is 0 Å². The minimum absolute atomic E-state index is 0.0585. The normalized spacial score (nSPS) is 16.4. The van der Waals surface area contributed by atoms with Gasteiger partial charge in [-0.15, -0.1) is 0 Å². The third kappa shape index (κ3) is 4.05. The summed E-state index contributed by atoms with van der Waals surface area (Å²) in [5.41, 5.74) is 4.53. The van der Waals surface area contributed by atoms with Crippen LogP contribution in [0.25, 0.3) is 0 Å². The molecule has 1 fully saturated rings. The van der Waals surface area contributed by atoms with Gasteiger partial charge in [-0.25, -0.2) is 4.39 Å². The van der Waals surface area contributed by atoms with Crippen molar-refractivity contribution in [2.24, 2.45) is 0 Å². The number of hydrogen-bond acceptors (Lipinski definition) is 3. The van der Waals surface area contributed by atoms with E-state index in [1.807, 2.05) is 6.92 Å². The summed E-state index contributed by atoms with van der Waals surface area (Å²) in [6, 6.07) is 12.0. The molecule has 4 nitrogen and oxygen atoms in total. The second-order valence-corrected chi connectivity index (χ2v) is 6.91. The molecule has 138 valence electrons. The SMILES string of the molecule is Cc1cccc(N2CCN([C@@H](C)C(=O)Nc3ccc(F)cc3)CC2)c1C. The zero-order chi connectivity index (χ0) is 18.7. The lowest BCUT2D eigenvalue weighted by molar-refractivity contribution is -0.120. The third-order valence-corrected chi connectivity index (χ3v) is 5.27. The molecule has 0 unspecified atom stereocenters. The molecule has 5 heteroatoms. The van der Waals surface area contributed by atoms with Crippen molar-refractivity contribution in [3.63, 3.8) is 0 Å². The van der Waals surface area contributed by atoms with Crippen LogP contribution in [-0.2, 0) is 4.79 Å². The number of carbonyl (C=O) groups is 1. The summed E-state index contributed by atoms with van der Waals surface area (Å²) in [5.74, 6) is -0.365. The Kier molecular flexibility index (Phi) is 5.57. The van der Waals surface area contributed by atoms with Crippen molar-refractivity contribution in [1.29, 1.82) is 0 Å². The van der Waals surface area contributed by atoms with Gasteiger partial charge in [0.1, 0.15) is 5.82 Å². The zero-order valence-electron chi connectivity index (χ0n) is 15.6. The average molecular weight is 355 g/mol. The summed E-state index contributed by atoms with van der Waals surface area (Å²) < 4.78 is 13.0.